The van der Waals surface area contributed by atoms with Gasteiger partial charge in [-0.3, -0.25) is 4.57 Å². The van der Waals surface area contributed by atoms with Crippen molar-refractivity contribution in [3.63, 3.8) is 0 Å². The second kappa shape index (κ2) is 3.92. The smallest absolute Gasteiger partial charge is 0.326 e. The predicted molar refractivity (Wildman–Crippen MR) is 63.3 cm³/mol. The number of hydrogen-bond donors (Lipinski definition) is 2. The molecule has 1 saturated heterocycles. The van der Waals surface area contributed by atoms with Crippen LogP contribution in [0, 0.1) is 0 Å². The van der Waals surface area contributed by atoms with Crippen LogP contribution in [0.15, 0.2) is 23.0 Å². The van der Waals surface area contributed by atoms with Crippen molar-refractivity contribution in [3.05, 3.63) is 28.7 Å². The zero-order chi connectivity index (χ0) is 11.8. The molecular weight excluding hydrogens is 220 g/mol. The third kappa shape index (κ3) is 1.63. The fourth-order valence-corrected chi connectivity index (χ4v) is 2.44. The van der Waals surface area contributed by atoms with Crippen molar-refractivity contribution in [2.75, 3.05) is 13.2 Å². The summed E-state index contributed by atoms with van der Waals surface area (Å²) in [5.41, 5.74) is 1.12. The van der Waals surface area contributed by atoms with Gasteiger partial charge in [-0.25, -0.2) is 4.79 Å². The molecule has 0 saturated carbocycles. The molecule has 5 heteroatoms. The Morgan fingerprint density at radius 2 is 2.12 bits per heavy atom. The van der Waals surface area contributed by atoms with Crippen LogP contribution in [0.5, 0.6) is 5.75 Å². The zero-order valence-corrected chi connectivity index (χ0v) is 9.35. The molecule has 0 atom stereocenters. The Bertz CT molecular complexity index is 593. The Labute approximate surface area is 97.6 Å². The van der Waals surface area contributed by atoms with E-state index in [9.17, 15) is 9.90 Å². The normalized spacial score (nSPS) is 17.6. The second-order valence-electron chi connectivity index (χ2n) is 4.31. The van der Waals surface area contributed by atoms with Crippen molar-refractivity contribution in [2.45, 2.75) is 18.9 Å². The number of H-pyrrole nitrogens is 1. The van der Waals surface area contributed by atoms with Gasteiger partial charge >= 0.3 is 5.69 Å². The van der Waals surface area contributed by atoms with Crippen LogP contribution >= 0.6 is 0 Å². The molecule has 2 aromatic rings. The van der Waals surface area contributed by atoms with Crippen LogP contribution in [0.3, 0.4) is 0 Å². The molecule has 17 heavy (non-hydrogen) atoms. The first-order valence-electron chi connectivity index (χ1n) is 5.77. The largest absolute Gasteiger partial charge is 0.506 e. The van der Waals surface area contributed by atoms with Gasteiger partial charge in [-0.05, 0) is 25.0 Å². The van der Waals surface area contributed by atoms with Gasteiger partial charge in [0, 0.05) is 19.3 Å². The Balaban J connectivity index is 2.18. The van der Waals surface area contributed by atoms with E-state index in [1.807, 2.05) is 6.07 Å². The minimum absolute atomic E-state index is 0.116. The third-order valence-corrected chi connectivity index (χ3v) is 3.29. The monoisotopic (exact) mass is 234 g/mol. The lowest BCUT2D eigenvalue weighted by molar-refractivity contribution is 0.0698. The van der Waals surface area contributed by atoms with Crippen molar-refractivity contribution >= 4 is 11.0 Å². The molecule has 1 aliphatic heterocycles. The van der Waals surface area contributed by atoms with Gasteiger partial charge in [0.2, 0.25) is 0 Å². The number of phenols is 1. The van der Waals surface area contributed by atoms with Gasteiger partial charge in [0.1, 0.15) is 11.3 Å². The second-order valence-corrected chi connectivity index (χ2v) is 4.31. The number of benzene rings is 1. The molecule has 2 heterocycles. The lowest BCUT2D eigenvalue weighted by atomic mass is 10.1. The maximum atomic E-state index is 11.9. The van der Waals surface area contributed by atoms with Gasteiger partial charge in [0.15, 0.2) is 0 Å². The Morgan fingerprint density at radius 1 is 1.35 bits per heavy atom. The van der Waals surface area contributed by atoms with Crippen molar-refractivity contribution in [2.24, 2.45) is 0 Å². The van der Waals surface area contributed by atoms with E-state index in [1.54, 1.807) is 16.7 Å². The molecule has 0 amide bonds. The fraction of sp³-hybridized carbons (Fsp3) is 0.417. The molecule has 5 nitrogen and oxygen atoms in total. The number of aromatic nitrogens is 2. The van der Waals surface area contributed by atoms with Crippen LogP contribution in [0.2, 0.25) is 0 Å². The molecule has 1 aliphatic rings. The molecule has 1 fully saturated rings. The fourth-order valence-electron chi connectivity index (χ4n) is 2.44. The van der Waals surface area contributed by atoms with Gasteiger partial charge in [-0.2, -0.15) is 0 Å². The van der Waals surface area contributed by atoms with Gasteiger partial charge in [-0.1, -0.05) is 6.07 Å². The molecule has 0 bridgehead atoms. The Morgan fingerprint density at radius 3 is 2.88 bits per heavy atom. The molecule has 1 aromatic heterocycles. The number of nitrogens with zero attached hydrogens (tertiary/aromatic N) is 1. The summed E-state index contributed by atoms with van der Waals surface area (Å²) in [6, 6.07) is 5.34. The van der Waals surface area contributed by atoms with E-state index in [0.29, 0.717) is 18.7 Å². The van der Waals surface area contributed by atoms with Crippen molar-refractivity contribution in [1.82, 2.24) is 9.55 Å². The Hall–Kier alpha value is -1.75. The van der Waals surface area contributed by atoms with Crippen LogP contribution in [0.25, 0.3) is 11.0 Å². The van der Waals surface area contributed by atoms with Gasteiger partial charge in [0.05, 0.1) is 5.52 Å². The number of imidazole rings is 1. The third-order valence-electron chi connectivity index (χ3n) is 3.29. The van der Waals surface area contributed by atoms with E-state index in [-0.39, 0.29) is 17.5 Å². The SMILES string of the molecule is O=c1[nH]c2c(O)cccc2n1C1CCOCC1. The van der Waals surface area contributed by atoms with E-state index in [1.165, 1.54) is 0 Å². The van der Waals surface area contributed by atoms with E-state index in [2.05, 4.69) is 4.98 Å². The molecule has 90 valence electrons. The molecule has 0 aliphatic carbocycles. The summed E-state index contributed by atoms with van der Waals surface area (Å²) < 4.78 is 7.03. The lowest BCUT2D eigenvalue weighted by Gasteiger charge is -2.23. The first-order valence-corrected chi connectivity index (χ1v) is 5.77. The highest BCUT2D eigenvalue weighted by atomic mass is 16.5. The van der Waals surface area contributed by atoms with E-state index >= 15 is 0 Å². The topological polar surface area (TPSA) is 67.2 Å². The average molecular weight is 234 g/mol. The number of ether oxygens (including phenoxy) is 1. The van der Waals surface area contributed by atoms with Crippen molar-refractivity contribution in [3.8, 4) is 5.75 Å². The first kappa shape index (κ1) is 10.4. The highest BCUT2D eigenvalue weighted by molar-refractivity contribution is 5.81. The number of nitrogens with one attached hydrogen (secondary N) is 1. The summed E-state index contributed by atoms with van der Waals surface area (Å²) in [5.74, 6) is 0.116. The van der Waals surface area contributed by atoms with Gasteiger partial charge in [0.25, 0.3) is 0 Å². The zero-order valence-electron chi connectivity index (χ0n) is 9.35. The number of hydrogen-bond acceptors (Lipinski definition) is 3. The van der Waals surface area contributed by atoms with E-state index < -0.39 is 0 Å². The van der Waals surface area contributed by atoms with Crippen LogP contribution in [0.4, 0.5) is 0 Å². The minimum Gasteiger partial charge on any atom is -0.506 e. The number of fused-ring (bicyclic) bond motifs is 1. The summed E-state index contributed by atoms with van der Waals surface area (Å²) in [6.07, 6.45) is 1.67. The van der Waals surface area contributed by atoms with Gasteiger partial charge in [-0.15, -0.1) is 0 Å². The maximum Gasteiger partial charge on any atom is 0.326 e. The standard InChI is InChI=1S/C12H14N2O3/c15-10-3-1-2-9-11(10)13-12(16)14(9)8-4-6-17-7-5-8/h1-3,8,15H,4-7H2,(H,13,16). The molecule has 3 rings (SSSR count). The van der Waals surface area contributed by atoms with E-state index in [4.69, 9.17) is 4.74 Å². The van der Waals surface area contributed by atoms with Crippen molar-refractivity contribution in [1.29, 1.82) is 0 Å². The quantitative estimate of drug-likeness (QED) is 0.783. The summed E-state index contributed by atoms with van der Waals surface area (Å²) in [6.45, 7) is 1.37. The summed E-state index contributed by atoms with van der Waals surface area (Å²) in [4.78, 5) is 14.7. The highest BCUT2D eigenvalue weighted by Crippen LogP contribution is 2.27. The minimum atomic E-state index is -0.159. The summed E-state index contributed by atoms with van der Waals surface area (Å²) in [7, 11) is 0. The van der Waals surface area contributed by atoms with Crippen LogP contribution < -0.4 is 5.69 Å². The number of rotatable bonds is 1. The molecule has 1 aromatic carbocycles. The number of aromatic amines is 1. The number of phenolic OH excluding ortho intramolecular Hbond substituents is 1. The highest BCUT2D eigenvalue weighted by Gasteiger charge is 2.20. The number of para-hydroxylation sites is 1. The molecular formula is C12H14N2O3. The summed E-state index contributed by atoms with van der Waals surface area (Å²) >= 11 is 0. The molecule has 0 radical (unpaired) electrons. The maximum absolute atomic E-state index is 11.9. The average Bonchev–Trinajstić information content (AvgIpc) is 2.68. The molecule has 0 spiro atoms. The molecule has 2 N–H and O–H groups in total. The first-order chi connectivity index (χ1) is 8.27. The van der Waals surface area contributed by atoms with E-state index in [0.717, 1.165) is 18.4 Å². The summed E-state index contributed by atoms with van der Waals surface area (Å²) in [5, 5.41) is 9.70. The van der Waals surface area contributed by atoms with Crippen LogP contribution in [-0.2, 0) is 4.74 Å². The molecule has 0 unspecified atom stereocenters. The predicted octanol–water partition coefficient (Wildman–Crippen LogP) is 1.39. The van der Waals surface area contributed by atoms with Crippen molar-refractivity contribution < 1.29 is 9.84 Å². The number of aromatic hydroxyl groups is 1. The van der Waals surface area contributed by atoms with Crippen LogP contribution in [-0.4, -0.2) is 27.9 Å². The lowest BCUT2D eigenvalue weighted by Crippen LogP contribution is -2.27. The Kier molecular flexibility index (Phi) is 2.40. The van der Waals surface area contributed by atoms with Gasteiger partial charge < -0.3 is 14.8 Å². The van der Waals surface area contributed by atoms with Crippen LogP contribution in [0.1, 0.15) is 18.9 Å².